The minimum absolute atomic E-state index is 0.0235. The molecule has 0 spiro atoms. The number of carboxylic acid groups (broad SMARTS) is 1. The summed E-state index contributed by atoms with van der Waals surface area (Å²) in [6.45, 7) is -0.517. The first kappa shape index (κ1) is 56.9. The monoisotopic (exact) mass is 1110 g/mol. The van der Waals surface area contributed by atoms with E-state index in [1.165, 1.54) is 30.6 Å². The predicted octanol–water partition coefficient (Wildman–Crippen LogP) is 3.46. The van der Waals surface area contributed by atoms with Crippen molar-refractivity contribution >= 4 is 29.6 Å². The summed E-state index contributed by atoms with van der Waals surface area (Å²) in [6, 6.07) is 21.9. The molecule has 21 nitrogen and oxygen atoms in total. The maximum atomic E-state index is 15.6. The van der Waals surface area contributed by atoms with Crippen LogP contribution < -0.4 is 20.7 Å². The molecule has 1 amide bonds. The molecule has 3 aliphatic carbocycles. The van der Waals surface area contributed by atoms with Crippen LogP contribution in [0.15, 0.2) is 114 Å². The number of carbonyl (C=O) groups excluding carboxylic acids is 1. The predicted molar refractivity (Wildman–Crippen MR) is 295 cm³/mol. The molecule has 81 heavy (non-hydrogen) atoms. The number of aliphatic carboxylic acids is 1. The molecule has 12 unspecified atom stereocenters. The highest BCUT2D eigenvalue weighted by atomic mass is 16.8. The molecule has 1 saturated heterocycles. The Morgan fingerprint density at radius 3 is 2.48 bits per heavy atom. The number of nitrogens with two attached hydrogens (primary N) is 1. The average Bonchev–Trinajstić information content (AvgIpc) is 1.72. The van der Waals surface area contributed by atoms with Gasteiger partial charge in [0.1, 0.15) is 29.8 Å². The molecule has 2 fully saturated rings. The molecule has 4 aromatic carbocycles. The first-order valence-corrected chi connectivity index (χ1v) is 27.5. The number of aliphatic imine (C=N–C) groups is 1. The van der Waals surface area contributed by atoms with Crippen LogP contribution in [0.2, 0.25) is 0 Å². The number of aromatic amines is 1. The third kappa shape index (κ3) is 10.4. The summed E-state index contributed by atoms with van der Waals surface area (Å²) in [5.41, 5.74) is 7.17. The lowest BCUT2D eigenvalue weighted by molar-refractivity contribution is -0.422. The summed E-state index contributed by atoms with van der Waals surface area (Å²) < 4.78 is 11.2. The number of phenolic OH excluding ortho intramolecular Hbond substituents is 3. The highest BCUT2D eigenvalue weighted by molar-refractivity contribution is 6.13. The lowest BCUT2D eigenvalue weighted by Gasteiger charge is -2.58. The molecule has 430 valence electrons. The number of fused-ring (bicyclic) bond motifs is 6. The van der Waals surface area contributed by atoms with Gasteiger partial charge in [-0.05, 0) is 122 Å². The van der Waals surface area contributed by atoms with Gasteiger partial charge in [-0.25, -0.2) is 14.8 Å². The van der Waals surface area contributed by atoms with Crippen LogP contribution in [0.1, 0.15) is 96.4 Å². The van der Waals surface area contributed by atoms with Crippen LogP contribution in [0.25, 0.3) is 6.08 Å². The van der Waals surface area contributed by atoms with Crippen LogP contribution in [0.3, 0.4) is 0 Å². The number of aliphatic hydroxyl groups excluding tert-OH is 6. The molecule has 5 aromatic rings. The zero-order valence-electron chi connectivity index (χ0n) is 44.5. The van der Waals surface area contributed by atoms with Crippen molar-refractivity contribution in [3.63, 3.8) is 0 Å². The summed E-state index contributed by atoms with van der Waals surface area (Å²) in [5, 5.41) is 128. The van der Waals surface area contributed by atoms with Crippen molar-refractivity contribution in [2.24, 2.45) is 28.5 Å². The SMILES string of the molecule is NC(=NCc1ccccc1)NCCCC(O)CCC1=CC2(C(=O)O)C(c3cc(O)c(OC4(O)OC(CO)C(O)C(O)C4O)cc3N2C(=O)C=Cc2ccc(O)c(Cc3cnc[nH]3)c2)C1C12c3c(O)cccc3CCC1CCCC2CO. The van der Waals surface area contributed by atoms with E-state index in [2.05, 4.69) is 20.3 Å². The molecule has 1 aromatic heterocycles. The van der Waals surface area contributed by atoms with Gasteiger partial charge in [-0.3, -0.25) is 9.69 Å². The van der Waals surface area contributed by atoms with Crippen LogP contribution in [0, 0.1) is 17.8 Å². The Bertz CT molecular complexity index is 3190. The zero-order valence-corrected chi connectivity index (χ0v) is 44.5. The molecule has 12 atom stereocenters. The molecule has 10 rings (SSSR count). The van der Waals surface area contributed by atoms with Gasteiger partial charge in [-0.1, -0.05) is 60.5 Å². The number of rotatable bonds is 19. The van der Waals surface area contributed by atoms with Crippen LogP contribution >= 0.6 is 0 Å². The Labute approximate surface area is 467 Å². The molecule has 3 heterocycles. The highest BCUT2D eigenvalue weighted by Crippen LogP contribution is 2.70. The first-order chi connectivity index (χ1) is 38.9. The van der Waals surface area contributed by atoms with E-state index in [4.69, 9.17) is 15.2 Å². The fourth-order valence-corrected chi connectivity index (χ4v) is 13.9. The van der Waals surface area contributed by atoms with Gasteiger partial charge in [0, 0.05) is 72.0 Å². The smallest absolute Gasteiger partial charge is 0.355 e. The normalized spacial score (nSPS) is 29.1. The number of aromatic nitrogens is 2. The third-order valence-electron chi connectivity index (χ3n) is 17.4. The fraction of sp³-hybridized carbons (Fsp3) is 0.433. The fourth-order valence-electron chi connectivity index (χ4n) is 13.9. The standard InChI is InChI=1S/C60H70N6O15/c61-57(64-28-34-7-2-1-3-8-34)63-22-6-12-41(69)19-17-36-27-58(56(77)78)52(51(36)59-38(10-5-11-39(59)30-67)18-16-35-9-4-13-45(71)50(35)59)42-25-46(72)47(80-60(79)55(76)54(75)53(74)48(31-68)81-60)26-43(42)66(58)49(73)21-15-33-14-20-44(70)37(23-33)24-40-29-62-32-65-40/h1-4,7-9,13-15,20-21,23,25-27,29,32,38-39,41,48,51-55,67-72,74-76,79H,5-6,10-12,16-19,22,24,28,30-31H2,(H,62,65)(H,77,78)(H3,61,63,64). The second kappa shape index (κ2) is 23.3. The van der Waals surface area contributed by atoms with E-state index in [9.17, 15) is 61.0 Å². The van der Waals surface area contributed by atoms with Gasteiger partial charge in [0.25, 0.3) is 5.91 Å². The summed E-state index contributed by atoms with van der Waals surface area (Å²) in [7, 11) is 0. The van der Waals surface area contributed by atoms with Gasteiger partial charge < -0.3 is 81.7 Å². The van der Waals surface area contributed by atoms with Gasteiger partial charge in [-0.2, -0.15) is 0 Å². The van der Waals surface area contributed by atoms with Crippen molar-refractivity contribution in [3.8, 4) is 23.0 Å². The molecule has 21 heteroatoms. The molecule has 15 N–H and O–H groups in total. The molecular formula is C60H70N6O15. The second-order valence-electron chi connectivity index (χ2n) is 22.1. The number of anilines is 1. The van der Waals surface area contributed by atoms with E-state index in [0.29, 0.717) is 79.6 Å². The lowest BCUT2D eigenvalue weighted by Crippen LogP contribution is -2.67. The highest BCUT2D eigenvalue weighted by Gasteiger charge is 2.71. The average molecular weight is 1120 g/mol. The number of phenols is 3. The molecule has 5 aliphatic rings. The maximum absolute atomic E-state index is 15.6. The number of imidazole rings is 1. The number of guanidine groups is 1. The van der Waals surface area contributed by atoms with Crippen molar-refractivity contribution in [1.29, 1.82) is 0 Å². The Hall–Kier alpha value is -7.34. The number of amides is 1. The van der Waals surface area contributed by atoms with Crippen molar-refractivity contribution in [2.45, 2.75) is 124 Å². The number of carbonyl (C=O) groups is 2. The summed E-state index contributed by atoms with van der Waals surface area (Å²) in [5.74, 6) is -9.87. The number of nitrogens with one attached hydrogen (secondary N) is 2. The lowest BCUT2D eigenvalue weighted by atomic mass is 9.45. The van der Waals surface area contributed by atoms with Crippen molar-refractivity contribution < 1.29 is 75.2 Å². The number of hydrogen-bond donors (Lipinski definition) is 14. The summed E-state index contributed by atoms with van der Waals surface area (Å²) in [6.07, 6.45) is 2.62. The van der Waals surface area contributed by atoms with Gasteiger partial charge in [0.15, 0.2) is 29.1 Å². The van der Waals surface area contributed by atoms with Crippen LogP contribution in [-0.4, -0.2) is 146 Å². The first-order valence-electron chi connectivity index (χ1n) is 27.5. The Balaban J connectivity index is 1.09. The van der Waals surface area contributed by atoms with E-state index in [0.717, 1.165) is 28.5 Å². The van der Waals surface area contributed by atoms with E-state index in [-0.39, 0.29) is 60.5 Å². The van der Waals surface area contributed by atoms with Crippen molar-refractivity contribution in [3.05, 3.63) is 148 Å². The zero-order chi connectivity index (χ0) is 57.4. The number of aryl methyl sites for hydroxylation is 1. The van der Waals surface area contributed by atoms with Crippen molar-refractivity contribution in [2.75, 3.05) is 24.7 Å². The Morgan fingerprint density at radius 1 is 0.938 bits per heavy atom. The number of hydrogen-bond acceptors (Lipinski definition) is 16. The molecular weight excluding hydrogens is 1040 g/mol. The van der Waals surface area contributed by atoms with E-state index in [1.54, 1.807) is 36.5 Å². The number of aliphatic hydroxyl groups is 7. The second-order valence-corrected chi connectivity index (χ2v) is 22.1. The number of nitrogens with zero attached hydrogens (tertiary/aromatic N) is 3. The van der Waals surface area contributed by atoms with Crippen LogP contribution in [0.4, 0.5) is 5.69 Å². The van der Waals surface area contributed by atoms with E-state index < -0.39 is 95.2 Å². The largest absolute Gasteiger partial charge is 0.508 e. The number of aromatic hydroxyl groups is 3. The quantitative estimate of drug-likeness (QED) is 0.0141. The van der Waals surface area contributed by atoms with E-state index in [1.807, 2.05) is 36.4 Å². The number of allylic oxidation sites excluding steroid dienone is 1. The minimum atomic E-state index is -3.24. The number of H-pyrrole nitrogens is 1. The Morgan fingerprint density at radius 2 is 1.74 bits per heavy atom. The molecule has 2 aliphatic heterocycles. The van der Waals surface area contributed by atoms with Gasteiger partial charge in [-0.15, -0.1) is 0 Å². The number of ether oxygens (including phenoxy) is 2. The molecule has 1 saturated carbocycles. The number of carboxylic acids is 1. The Kier molecular flexibility index (Phi) is 16.3. The van der Waals surface area contributed by atoms with Gasteiger partial charge in [0.2, 0.25) is 0 Å². The van der Waals surface area contributed by atoms with Gasteiger partial charge >= 0.3 is 11.9 Å². The third-order valence-corrected chi connectivity index (χ3v) is 17.4. The maximum Gasteiger partial charge on any atom is 0.355 e. The summed E-state index contributed by atoms with van der Waals surface area (Å²) >= 11 is 0. The van der Waals surface area contributed by atoms with Gasteiger partial charge in [0.05, 0.1) is 31.3 Å². The topological polar surface area (TPSA) is 357 Å². The molecule has 0 bridgehead atoms. The number of benzene rings is 4. The van der Waals surface area contributed by atoms with Crippen LogP contribution in [0.5, 0.6) is 23.0 Å². The van der Waals surface area contributed by atoms with Crippen molar-refractivity contribution in [1.82, 2.24) is 15.3 Å². The van der Waals surface area contributed by atoms with Crippen LogP contribution in [-0.2, 0) is 39.1 Å². The van der Waals surface area contributed by atoms with E-state index >= 15 is 4.79 Å². The minimum Gasteiger partial charge on any atom is -0.508 e. The molecule has 0 radical (unpaired) electrons. The summed E-state index contributed by atoms with van der Waals surface area (Å²) in [4.78, 5) is 43.1.